The predicted molar refractivity (Wildman–Crippen MR) is 336 cm³/mol. The van der Waals surface area contributed by atoms with Crippen molar-refractivity contribution in [2.24, 2.45) is 0 Å². The Morgan fingerprint density at radius 1 is 0.425 bits per heavy atom. The molecule has 0 aliphatic carbocycles. The number of rotatable bonds is 45. The highest BCUT2D eigenvalue weighted by atomic mass is 16.8. The summed E-state index contributed by atoms with van der Waals surface area (Å²) in [5.41, 5.74) is 0. The fourth-order valence-corrected chi connectivity index (χ4v) is 9.78. The second-order valence-corrected chi connectivity index (χ2v) is 22.1. The van der Waals surface area contributed by atoms with Crippen molar-refractivity contribution < 1.29 is 89.4 Å². The van der Waals surface area contributed by atoms with Gasteiger partial charge in [-0.05, 0) is 96.3 Å². The Morgan fingerprint density at radius 3 is 1.22 bits per heavy atom. The Hall–Kier alpha value is -4.07. The maximum absolute atomic E-state index is 13.2. The highest BCUT2D eigenvalue weighted by Crippen LogP contribution is 2.33. The molecule has 0 bridgehead atoms. The van der Waals surface area contributed by atoms with E-state index in [0.29, 0.717) is 19.3 Å². The molecular weight excluding hydrogens is 1120 g/mol. The van der Waals surface area contributed by atoms with Crippen LogP contribution in [0.2, 0.25) is 0 Å². The van der Waals surface area contributed by atoms with Crippen molar-refractivity contribution >= 4 is 5.91 Å². The van der Waals surface area contributed by atoms with Gasteiger partial charge in [0.2, 0.25) is 5.91 Å². The number of hydrogen-bond acceptors (Lipinski definition) is 18. The summed E-state index contributed by atoms with van der Waals surface area (Å²) in [5, 5.41) is 120. The first-order valence-corrected chi connectivity index (χ1v) is 31.9. The molecule has 0 saturated carbocycles. The summed E-state index contributed by atoms with van der Waals surface area (Å²) in [5.74, 6) is -0.290. The highest BCUT2D eigenvalue weighted by Gasteiger charge is 2.53. The molecule has 3 rings (SSSR count). The van der Waals surface area contributed by atoms with E-state index in [1.165, 1.54) is 0 Å². The van der Waals surface area contributed by atoms with Gasteiger partial charge in [-0.2, -0.15) is 0 Å². The molecule has 3 aliphatic heterocycles. The Bertz CT molecular complexity index is 2100. The zero-order chi connectivity index (χ0) is 63.3. The molecule has 17 atom stereocenters. The molecule has 0 radical (unpaired) electrons. The SMILES string of the molecule is CC/C=C\C/C=C\C/C=C\C/C=C\C/C=C\C/C=C\C/C=C\C/C=C\C/C=C\C/C=C\C/C=C\CCCCCC(=O)NC(COC1OC(CO)C(OC2OC(CO)C(OC3OC(CO)C(O)C(O)C3O)C(O)C2O)C(O)C1O)C(O)CCCCCCC. The largest absolute Gasteiger partial charge is 0.394 e. The number of ether oxygens (including phenoxy) is 6. The van der Waals surface area contributed by atoms with Crippen LogP contribution >= 0.6 is 0 Å². The molecule has 0 spiro atoms. The zero-order valence-corrected chi connectivity index (χ0v) is 51.7. The number of allylic oxidation sites excluding steroid dienone is 22. The lowest BCUT2D eigenvalue weighted by Gasteiger charge is -2.48. The number of carbonyl (C=O) groups is 1. The van der Waals surface area contributed by atoms with E-state index in [1.54, 1.807) is 0 Å². The highest BCUT2D eigenvalue weighted by molar-refractivity contribution is 5.76. The Kier molecular flexibility index (Phi) is 43.2. The second kappa shape index (κ2) is 48.7. The van der Waals surface area contributed by atoms with Gasteiger partial charge in [0, 0.05) is 6.42 Å². The Balaban J connectivity index is 1.32. The summed E-state index contributed by atoms with van der Waals surface area (Å²) >= 11 is 0. The van der Waals surface area contributed by atoms with Crippen molar-refractivity contribution in [2.75, 3.05) is 26.4 Å². The van der Waals surface area contributed by atoms with Gasteiger partial charge in [0.1, 0.15) is 73.2 Å². The first-order chi connectivity index (χ1) is 42.3. The predicted octanol–water partition coefficient (Wildman–Crippen LogP) is 7.04. The van der Waals surface area contributed by atoms with Crippen LogP contribution < -0.4 is 5.32 Å². The summed E-state index contributed by atoms with van der Waals surface area (Å²) in [6, 6.07) is -0.911. The molecule has 87 heavy (non-hydrogen) atoms. The van der Waals surface area contributed by atoms with Gasteiger partial charge in [-0.15, -0.1) is 0 Å². The normalized spacial score (nSPS) is 29.5. The number of aliphatic hydroxyl groups is 11. The molecule has 494 valence electrons. The van der Waals surface area contributed by atoms with Crippen molar-refractivity contribution in [1.29, 1.82) is 0 Å². The van der Waals surface area contributed by atoms with Crippen LogP contribution in [0.15, 0.2) is 134 Å². The van der Waals surface area contributed by atoms with E-state index in [0.717, 1.165) is 116 Å². The minimum atomic E-state index is -1.98. The van der Waals surface area contributed by atoms with Gasteiger partial charge in [0.05, 0.1) is 38.6 Å². The second-order valence-electron chi connectivity index (χ2n) is 22.1. The van der Waals surface area contributed by atoms with Gasteiger partial charge in [0.25, 0.3) is 0 Å². The third-order valence-electron chi connectivity index (χ3n) is 15.0. The van der Waals surface area contributed by atoms with Crippen LogP contribution in [0.1, 0.15) is 155 Å². The number of unbranched alkanes of at least 4 members (excludes halogenated alkanes) is 7. The first kappa shape index (κ1) is 77.2. The molecule has 17 unspecified atom stereocenters. The molecular formula is C68H109NO18. The summed E-state index contributed by atoms with van der Waals surface area (Å²) in [4.78, 5) is 13.2. The van der Waals surface area contributed by atoms with Gasteiger partial charge < -0.3 is 89.9 Å². The average molecular weight is 1230 g/mol. The van der Waals surface area contributed by atoms with Gasteiger partial charge in [-0.3, -0.25) is 4.79 Å². The van der Waals surface area contributed by atoms with Crippen molar-refractivity contribution in [3.8, 4) is 0 Å². The van der Waals surface area contributed by atoms with Crippen LogP contribution in [0.4, 0.5) is 0 Å². The first-order valence-electron chi connectivity index (χ1n) is 31.9. The standard InChI is InChI=1S/C68H109NO18/c1-3-5-7-9-10-11-12-13-14-15-16-17-18-19-20-21-22-23-24-25-26-27-28-29-30-31-32-33-34-35-36-37-38-39-40-42-44-46-56(74)69-51(52(73)45-43-41-8-6-4-2)50-82-66-62(80)59(77)64(54(48-71)84-66)87-68-63(81)60(78)65(55(49-72)85-68)86-67-61(79)58(76)57(75)53(47-70)83-67/h5,7,10-11,13-14,16-17,19-20,22-23,25-26,28-29,31-32,34-35,37-38,51-55,57-68,70-73,75-81H,3-4,6,8-9,12,15,18,21,24,27,30,33,36,39-50H2,1-2H3,(H,69,74)/b7-5-,11-10-,14-13-,17-16-,20-19-,23-22-,26-25-,29-28-,32-31-,35-34-,38-37-. The number of aliphatic hydroxyl groups excluding tert-OH is 11. The smallest absolute Gasteiger partial charge is 0.220 e. The van der Waals surface area contributed by atoms with E-state index in [1.807, 2.05) is 0 Å². The molecule has 1 amide bonds. The molecule has 12 N–H and O–H groups in total. The van der Waals surface area contributed by atoms with Gasteiger partial charge in [0.15, 0.2) is 18.9 Å². The van der Waals surface area contributed by atoms with E-state index < -0.39 is 124 Å². The van der Waals surface area contributed by atoms with Crippen molar-refractivity contribution in [2.45, 2.75) is 259 Å². The summed E-state index contributed by atoms with van der Waals surface area (Å²) in [7, 11) is 0. The third-order valence-corrected chi connectivity index (χ3v) is 15.0. The van der Waals surface area contributed by atoms with E-state index in [9.17, 15) is 61.0 Å². The molecule has 3 saturated heterocycles. The molecule has 19 nitrogen and oxygen atoms in total. The average Bonchev–Trinajstić information content (AvgIpc) is 2.33. The maximum atomic E-state index is 13.2. The topological polar surface area (TPSA) is 307 Å². The summed E-state index contributed by atoms with van der Waals surface area (Å²) < 4.78 is 34.1. The fourth-order valence-electron chi connectivity index (χ4n) is 9.78. The lowest BCUT2D eigenvalue weighted by molar-refractivity contribution is -0.379. The fraction of sp³-hybridized carbons (Fsp3) is 0.662. The summed E-state index contributed by atoms with van der Waals surface area (Å²) in [6.07, 6.45) is 40.6. The van der Waals surface area contributed by atoms with Crippen LogP contribution in [0.5, 0.6) is 0 Å². The van der Waals surface area contributed by atoms with Crippen molar-refractivity contribution in [3.63, 3.8) is 0 Å². The van der Waals surface area contributed by atoms with Crippen LogP contribution in [0, 0.1) is 0 Å². The summed E-state index contributed by atoms with van der Waals surface area (Å²) in [6.45, 7) is 1.50. The lowest BCUT2D eigenvalue weighted by atomic mass is 9.96. The van der Waals surface area contributed by atoms with E-state index in [-0.39, 0.29) is 18.9 Å². The maximum Gasteiger partial charge on any atom is 0.220 e. The van der Waals surface area contributed by atoms with Crippen LogP contribution in [-0.4, -0.2) is 193 Å². The van der Waals surface area contributed by atoms with Crippen LogP contribution in [0.25, 0.3) is 0 Å². The zero-order valence-electron chi connectivity index (χ0n) is 51.7. The van der Waals surface area contributed by atoms with Crippen molar-refractivity contribution in [1.82, 2.24) is 5.32 Å². The van der Waals surface area contributed by atoms with Gasteiger partial charge >= 0.3 is 0 Å². The van der Waals surface area contributed by atoms with Gasteiger partial charge in [-0.1, -0.05) is 186 Å². The molecule has 0 aromatic rings. The molecule has 0 aromatic heterocycles. The molecule has 3 aliphatic rings. The molecule has 3 fully saturated rings. The molecule has 19 heteroatoms. The van der Waals surface area contributed by atoms with Crippen LogP contribution in [-0.2, 0) is 33.2 Å². The minimum absolute atomic E-state index is 0.215. The Labute approximate surface area is 518 Å². The number of hydrogen-bond donors (Lipinski definition) is 12. The number of nitrogens with one attached hydrogen (secondary N) is 1. The third kappa shape index (κ3) is 31.5. The Morgan fingerprint density at radius 2 is 0.793 bits per heavy atom. The van der Waals surface area contributed by atoms with E-state index in [4.69, 9.17) is 28.4 Å². The van der Waals surface area contributed by atoms with Crippen molar-refractivity contribution in [3.05, 3.63) is 134 Å². The number of amides is 1. The van der Waals surface area contributed by atoms with E-state index >= 15 is 0 Å². The molecule has 0 aromatic carbocycles. The monoisotopic (exact) mass is 1230 g/mol. The number of carbonyl (C=O) groups excluding carboxylic acids is 1. The molecule has 3 heterocycles. The van der Waals surface area contributed by atoms with Crippen LogP contribution in [0.3, 0.4) is 0 Å². The van der Waals surface area contributed by atoms with E-state index in [2.05, 4.69) is 153 Å². The van der Waals surface area contributed by atoms with Gasteiger partial charge in [-0.25, -0.2) is 0 Å². The quantitative estimate of drug-likeness (QED) is 0.0215. The minimum Gasteiger partial charge on any atom is -0.394 e. The lowest BCUT2D eigenvalue weighted by Crippen LogP contribution is -2.66.